The Morgan fingerprint density at radius 2 is 2.57 bits per heavy atom. The van der Waals surface area contributed by atoms with E-state index in [4.69, 9.17) is 0 Å². The van der Waals surface area contributed by atoms with Crippen LogP contribution in [0.5, 0.6) is 0 Å². The highest BCUT2D eigenvalue weighted by atomic mass is 79.9. The molecule has 1 aliphatic heterocycles. The Bertz CT molecular complexity index is 66.7. The van der Waals surface area contributed by atoms with Gasteiger partial charge in [0, 0.05) is 6.42 Å². The Labute approximate surface area is 54.8 Å². The van der Waals surface area contributed by atoms with E-state index < -0.39 is 11.2 Å². The highest BCUT2D eigenvalue weighted by molar-refractivity contribution is 9.10. The summed E-state index contributed by atoms with van der Waals surface area (Å²) < 4.78 is 10.5. The zero-order valence-electron chi connectivity index (χ0n) is 3.76. The molecule has 1 fully saturated rings. The molecule has 7 heavy (non-hydrogen) atoms. The van der Waals surface area contributed by atoms with Gasteiger partial charge in [0.25, 0.3) is 0 Å². The summed E-state index contributed by atoms with van der Waals surface area (Å²) in [5.41, 5.74) is 0. The predicted octanol–water partition coefficient (Wildman–Crippen LogP) is 1.06. The topological polar surface area (TPSA) is 23.1 Å². The molecule has 0 aliphatic carbocycles. The van der Waals surface area contributed by atoms with E-state index in [1.807, 2.05) is 5.33 Å². The average molecular weight is 182 g/mol. The molecule has 0 amide bonds. The lowest BCUT2D eigenvalue weighted by atomic mass is 10.3. The summed E-state index contributed by atoms with van der Waals surface area (Å²) in [6.45, 7) is 0. The van der Waals surface area contributed by atoms with Gasteiger partial charge >= 0.3 is 0 Å². The third kappa shape index (κ3) is 1.12. The molecule has 0 aromatic heterocycles. The van der Waals surface area contributed by atoms with Crippen molar-refractivity contribution in [2.75, 3.05) is 5.75 Å². The molecular formula is C4H6BrOS. The average Bonchev–Trinajstić information content (AvgIpc) is 1.65. The van der Waals surface area contributed by atoms with Crippen LogP contribution >= 0.6 is 15.9 Å². The van der Waals surface area contributed by atoms with Crippen LogP contribution in [0.25, 0.3) is 0 Å². The summed E-state index contributed by atoms with van der Waals surface area (Å²) in [4.78, 5) is 0. The largest absolute Gasteiger partial charge is 0.616 e. The molecule has 3 heteroatoms. The standard InChI is InChI=1S/C4H6BrOS/c5-3-4-1-2-7(4)6/h3-4H,1-2H2. The van der Waals surface area contributed by atoms with Crippen LogP contribution in [0.1, 0.15) is 6.42 Å². The third-order valence-electron chi connectivity index (χ3n) is 1.08. The fraction of sp³-hybridized carbons (Fsp3) is 0.750. The highest BCUT2D eigenvalue weighted by Crippen LogP contribution is 2.24. The van der Waals surface area contributed by atoms with Gasteiger partial charge in [0.1, 0.15) is 11.0 Å². The van der Waals surface area contributed by atoms with E-state index in [9.17, 15) is 4.55 Å². The molecule has 0 aromatic rings. The van der Waals surface area contributed by atoms with Gasteiger partial charge in [-0.05, 0) is 11.2 Å². The smallest absolute Gasteiger partial charge is 0.133 e. The molecule has 0 saturated carbocycles. The van der Waals surface area contributed by atoms with Crippen LogP contribution in [-0.4, -0.2) is 15.6 Å². The number of rotatable bonds is 1. The minimum Gasteiger partial charge on any atom is -0.616 e. The zero-order valence-corrected chi connectivity index (χ0v) is 6.17. The molecule has 0 aromatic carbocycles. The van der Waals surface area contributed by atoms with Gasteiger partial charge in [-0.2, -0.15) is 0 Å². The van der Waals surface area contributed by atoms with Crippen molar-refractivity contribution in [2.45, 2.75) is 11.7 Å². The number of hydrogen-bond acceptors (Lipinski definition) is 1. The Morgan fingerprint density at radius 3 is 2.57 bits per heavy atom. The Hall–Kier alpha value is 0.790. The summed E-state index contributed by atoms with van der Waals surface area (Å²) >= 11 is 2.62. The summed E-state index contributed by atoms with van der Waals surface area (Å²) in [5, 5.41) is 2.19. The summed E-state index contributed by atoms with van der Waals surface area (Å²) in [7, 11) is 0. The van der Waals surface area contributed by atoms with E-state index >= 15 is 0 Å². The van der Waals surface area contributed by atoms with Gasteiger partial charge in [-0.3, -0.25) is 0 Å². The third-order valence-corrected chi connectivity index (χ3v) is 3.76. The Morgan fingerprint density at radius 1 is 1.86 bits per heavy atom. The summed E-state index contributed by atoms with van der Waals surface area (Å²) in [5.74, 6) is 0.896. The van der Waals surface area contributed by atoms with Crippen LogP contribution in [0.2, 0.25) is 0 Å². The van der Waals surface area contributed by atoms with Crippen LogP contribution < -0.4 is 0 Å². The second-order valence-corrected chi connectivity index (χ2v) is 3.84. The van der Waals surface area contributed by atoms with E-state index in [0.29, 0.717) is 5.25 Å². The van der Waals surface area contributed by atoms with Gasteiger partial charge in [0.2, 0.25) is 0 Å². The van der Waals surface area contributed by atoms with E-state index in [1.54, 1.807) is 0 Å². The normalized spacial score (nSPS) is 40.3. The predicted molar refractivity (Wildman–Crippen MR) is 34.6 cm³/mol. The van der Waals surface area contributed by atoms with Crippen molar-refractivity contribution in [3.63, 3.8) is 0 Å². The fourth-order valence-corrected chi connectivity index (χ4v) is 2.27. The van der Waals surface area contributed by atoms with Crippen molar-refractivity contribution in [2.24, 2.45) is 0 Å². The van der Waals surface area contributed by atoms with E-state index in [1.165, 1.54) is 0 Å². The lowest BCUT2D eigenvalue weighted by molar-refractivity contribution is 0.563. The molecule has 2 atom stereocenters. The molecule has 0 N–H and O–H groups in total. The molecule has 41 valence electrons. The summed E-state index contributed by atoms with van der Waals surface area (Å²) in [6.07, 6.45) is 1.10. The van der Waals surface area contributed by atoms with Gasteiger partial charge in [-0.15, -0.1) is 0 Å². The Kier molecular flexibility index (Phi) is 2.01. The van der Waals surface area contributed by atoms with E-state index in [2.05, 4.69) is 15.9 Å². The Balaban J connectivity index is 2.16. The van der Waals surface area contributed by atoms with Crippen LogP contribution in [-0.2, 0) is 11.2 Å². The number of hydrogen-bond donors (Lipinski definition) is 0. The van der Waals surface area contributed by atoms with Gasteiger partial charge in [0.15, 0.2) is 0 Å². The summed E-state index contributed by atoms with van der Waals surface area (Å²) in [6, 6.07) is 0. The zero-order chi connectivity index (χ0) is 5.28. The second-order valence-electron chi connectivity index (χ2n) is 1.54. The molecule has 1 radical (unpaired) electrons. The first-order valence-electron chi connectivity index (χ1n) is 2.15. The van der Waals surface area contributed by atoms with Crippen molar-refractivity contribution < 1.29 is 4.55 Å². The molecule has 1 saturated heterocycles. The van der Waals surface area contributed by atoms with Crippen LogP contribution in [0.15, 0.2) is 0 Å². The van der Waals surface area contributed by atoms with Gasteiger partial charge < -0.3 is 4.55 Å². The van der Waals surface area contributed by atoms with Crippen molar-refractivity contribution >= 4 is 27.1 Å². The van der Waals surface area contributed by atoms with Crippen LogP contribution in [0, 0.1) is 5.33 Å². The maximum absolute atomic E-state index is 10.5. The highest BCUT2D eigenvalue weighted by Gasteiger charge is 2.31. The molecular weight excluding hydrogens is 176 g/mol. The molecule has 1 rings (SSSR count). The van der Waals surface area contributed by atoms with Crippen molar-refractivity contribution in [1.29, 1.82) is 0 Å². The van der Waals surface area contributed by atoms with Gasteiger partial charge in [-0.1, -0.05) is 15.9 Å². The second kappa shape index (κ2) is 2.37. The van der Waals surface area contributed by atoms with Crippen LogP contribution in [0.4, 0.5) is 0 Å². The molecule has 1 nitrogen and oxygen atoms in total. The minimum atomic E-state index is -0.532. The molecule has 0 spiro atoms. The molecule has 2 unspecified atom stereocenters. The van der Waals surface area contributed by atoms with Gasteiger partial charge in [-0.25, -0.2) is 0 Å². The maximum Gasteiger partial charge on any atom is 0.133 e. The van der Waals surface area contributed by atoms with Crippen molar-refractivity contribution in [1.82, 2.24) is 0 Å². The number of halogens is 1. The molecule has 0 bridgehead atoms. The van der Waals surface area contributed by atoms with Crippen molar-refractivity contribution in [3.8, 4) is 0 Å². The lowest BCUT2D eigenvalue weighted by Gasteiger charge is -2.27. The SMILES string of the molecule is [O-][S+]1CCC1[CH]Br. The van der Waals surface area contributed by atoms with E-state index in [-0.39, 0.29) is 0 Å². The van der Waals surface area contributed by atoms with Crippen LogP contribution in [0.3, 0.4) is 0 Å². The minimum absolute atomic E-state index is 0.347. The quantitative estimate of drug-likeness (QED) is 0.556. The molecule has 1 heterocycles. The van der Waals surface area contributed by atoms with Crippen molar-refractivity contribution in [3.05, 3.63) is 5.33 Å². The first-order valence-corrected chi connectivity index (χ1v) is 4.45. The van der Waals surface area contributed by atoms with E-state index in [0.717, 1.165) is 12.2 Å². The fourth-order valence-electron chi connectivity index (χ4n) is 0.471. The van der Waals surface area contributed by atoms with Gasteiger partial charge in [0.05, 0.1) is 5.33 Å². The molecule has 1 aliphatic rings. The first-order chi connectivity index (χ1) is 3.34. The lowest BCUT2D eigenvalue weighted by Crippen LogP contribution is -2.35. The first kappa shape index (κ1) is 5.92. The maximum atomic E-state index is 10.5. The monoisotopic (exact) mass is 181 g/mol.